The van der Waals surface area contributed by atoms with Crippen LogP contribution in [-0.2, 0) is 20.0 Å². The van der Waals surface area contributed by atoms with Gasteiger partial charge in [0, 0.05) is 40.5 Å². The Hall–Kier alpha value is -4.18. The maximum absolute atomic E-state index is 14.5. The molecule has 8 nitrogen and oxygen atoms in total. The van der Waals surface area contributed by atoms with Crippen molar-refractivity contribution in [3.05, 3.63) is 94.9 Å². The third-order valence-corrected chi connectivity index (χ3v) is 8.74. The van der Waals surface area contributed by atoms with Gasteiger partial charge in [0.25, 0.3) is 5.91 Å². The fourth-order valence-electron chi connectivity index (χ4n) is 5.97. The lowest BCUT2D eigenvalue weighted by molar-refractivity contribution is 0.0592. The van der Waals surface area contributed by atoms with Gasteiger partial charge in [-0.2, -0.15) is 0 Å². The van der Waals surface area contributed by atoms with Gasteiger partial charge in [-0.1, -0.05) is 18.2 Å². The Morgan fingerprint density at radius 1 is 1.08 bits per heavy atom. The lowest BCUT2D eigenvalue weighted by Crippen LogP contribution is -2.47. The Bertz CT molecular complexity index is 1730. The second-order valence-electron chi connectivity index (χ2n) is 9.67. The SMILES string of the molecule is COC(=O)c1[nH]c2ccc(F)cc2c1[C@]12CCN(C(=O)c3ccc(S(C)(=O)=O)cc3)[C@H]1Nc1ccccc12. The zero-order valence-corrected chi connectivity index (χ0v) is 21.4. The van der Waals surface area contributed by atoms with E-state index in [-0.39, 0.29) is 16.5 Å². The molecule has 0 radical (unpaired) electrons. The molecule has 2 atom stereocenters. The molecule has 3 aromatic carbocycles. The summed E-state index contributed by atoms with van der Waals surface area (Å²) in [6.45, 7) is 0.348. The number of sulfone groups is 1. The minimum atomic E-state index is -3.41. The fourth-order valence-corrected chi connectivity index (χ4v) is 6.60. The molecule has 2 N–H and O–H groups in total. The van der Waals surface area contributed by atoms with Crippen molar-refractivity contribution in [1.29, 1.82) is 0 Å². The first kappa shape index (κ1) is 24.2. The molecule has 1 saturated heterocycles. The molecular formula is C28H24FN3O5S. The van der Waals surface area contributed by atoms with Crippen molar-refractivity contribution < 1.29 is 27.1 Å². The van der Waals surface area contributed by atoms with Crippen LogP contribution in [0.2, 0.25) is 0 Å². The van der Waals surface area contributed by atoms with E-state index in [1.54, 1.807) is 11.0 Å². The number of anilines is 1. The van der Waals surface area contributed by atoms with Crippen LogP contribution in [-0.4, -0.2) is 56.3 Å². The first-order valence-corrected chi connectivity index (χ1v) is 13.9. The number of rotatable bonds is 4. The molecular weight excluding hydrogens is 509 g/mol. The largest absolute Gasteiger partial charge is 0.464 e. The van der Waals surface area contributed by atoms with Crippen LogP contribution < -0.4 is 5.32 Å². The molecule has 0 bridgehead atoms. The quantitative estimate of drug-likeness (QED) is 0.383. The number of nitrogens with zero attached hydrogens (tertiary/aromatic N) is 1. The number of ether oxygens (including phenoxy) is 1. The van der Waals surface area contributed by atoms with Crippen molar-refractivity contribution in [2.45, 2.75) is 22.9 Å². The molecule has 1 aromatic heterocycles. The van der Waals surface area contributed by atoms with E-state index in [2.05, 4.69) is 10.3 Å². The van der Waals surface area contributed by atoms with Crippen molar-refractivity contribution in [2.24, 2.45) is 0 Å². The number of esters is 1. The topological polar surface area (TPSA) is 109 Å². The monoisotopic (exact) mass is 533 g/mol. The van der Waals surface area contributed by atoms with Gasteiger partial charge in [-0.05, 0) is 60.5 Å². The molecule has 1 fully saturated rings. The molecule has 2 aliphatic heterocycles. The third kappa shape index (κ3) is 3.43. The summed E-state index contributed by atoms with van der Waals surface area (Å²) >= 11 is 0. The minimum absolute atomic E-state index is 0.125. The number of benzene rings is 3. The van der Waals surface area contributed by atoms with Crippen LogP contribution in [0.5, 0.6) is 0 Å². The second kappa shape index (κ2) is 8.42. The van der Waals surface area contributed by atoms with E-state index in [4.69, 9.17) is 4.74 Å². The highest BCUT2D eigenvalue weighted by molar-refractivity contribution is 7.90. The molecule has 10 heteroatoms. The Kier molecular flexibility index (Phi) is 5.36. The number of hydrogen-bond donors (Lipinski definition) is 2. The number of nitrogens with one attached hydrogen (secondary N) is 2. The minimum Gasteiger partial charge on any atom is -0.464 e. The number of amides is 1. The van der Waals surface area contributed by atoms with Crippen molar-refractivity contribution in [3.63, 3.8) is 0 Å². The molecule has 0 unspecified atom stereocenters. The van der Waals surface area contributed by atoms with Crippen LogP contribution >= 0.6 is 0 Å². The van der Waals surface area contributed by atoms with Crippen molar-refractivity contribution >= 4 is 38.3 Å². The molecule has 3 heterocycles. The van der Waals surface area contributed by atoms with E-state index in [1.165, 1.54) is 43.5 Å². The number of methoxy groups -OCH3 is 1. The number of carbonyl (C=O) groups is 2. The van der Waals surface area contributed by atoms with Gasteiger partial charge < -0.3 is 19.9 Å². The van der Waals surface area contributed by atoms with Crippen molar-refractivity contribution in [2.75, 3.05) is 25.2 Å². The third-order valence-electron chi connectivity index (χ3n) is 7.61. The summed E-state index contributed by atoms with van der Waals surface area (Å²) in [4.78, 5) is 31.7. The maximum Gasteiger partial charge on any atom is 0.354 e. The Balaban J connectivity index is 1.53. The normalized spacial score (nSPS) is 20.2. The number of likely N-dealkylation sites (tertiary alicyclic amines) is 1. The van der Waals surface area contributed by atoms with Gasteiger partial charge in [-0.15, -0.1) is 0 Å². The second-order valence-corrected chi connectivity index (χ2v) is 11.7. The highest BCUT2D eigenvalue weighted by atomic mass is 32.2. The van der Waals surface area contributed by atoms with E-state index in [9.17, 15) is 22.4 Å². The van der Waals surface area contributed by atoms with Crippen molar-refractivity contribution in [3.8, 4) is 0 Å². The van der Waals surface area contributed by atoms with Crippen LogP contribution in [0.4, 0.5) is 10.1 Å². The summed E-state index contributed by atoms with van der Waals surface area (Å²) in [6, 6.07) is 17.8. The fraction of sp³-hybridized carbons (Fsp3) is 0.214. The number of aromatic amines is 1. The average molecular weight is 534 g/mol. The average Bonchev–Trinajstić information content (AvgIpc) is 3.56. The number of halogens is 1. The maximum atomic E-state index is 14.5. The number of para-hydroxylation sites is 1. The van der Waals surface area contributed by atoms with E-state index in [0.717, 1.165) is 17.5 Å². The summed E-state index contributed by atoms with van der Waals surface area (Å²) in [5.41, 5.74) is 2.53. The molecule has 0 aliphatic carbocycles. The van der Waals surface area contributed by atoms with E-state index in [1.807, 2.05) is 24.3 Å². The van der Waals surface area contributed by atoms with E-state index in [0.29, 0.717) is 35.0 Å². The molecule has 6 rings (SSSR count). The predicted octanol–water partition coefficient (Wildman–Crippen LogP) is 4.08. The van der Waals surface area contributed by atoms with Crippen molar-refractivity contribution in [1.82, 2.24) is 9.88 Å². The standard InChI is InChI=1S/C28H24FN3O5S/c1-37-26(34)24-23(19-15-17(29)9-12-21(19)30-24)28-13-14-32(27(28)31-22-6-4-3-5-20(22)28)25(33)16-7-10-18(11-8-16)38(2,35)36/h3-12,15,27,30-31H,13-14H2,1-2H3/t27-,28-/m1/s1. The zero-order valence-electron chi connectivity index (χ0n) is 20.6. The molecule has 0 saturated carbocycles. The van der Waals surface area contributed by atoms with Crippen LogP contribution in [0.1, 0.15) is 38.4 Å². The number of aromatic nitrogens is 1. The number of carbonyl (C=O) groups excluding carboxylic acids is 2. The molecule has 1 amide bonds. The van der Waals surface area contributed by atoms with Gasteiger partial charge >= 0.3 is 5.97 Å². The van der Waals surface area contributed by atoms with E-state index >= 15 is 0 Å². The van der Waals surface area contributed by atoms with Gasteiger partial charge in [-0.25, -0.2) is 17.6 Å². The Morgan fingerprint density at radius 2 is 1.82 bits per heavy atom. The molecule has 38 heavy (non-hydrogen) atoms. The van der Waals surface area contributed by atoms with Gasteiger partial charge in [0.2, 0.25) is 0 Å². The van der Waals surface area contributed by atoms with Crippen LogP contribution in [0, 0.1) is 5.82 Å². The molecule has 2 aliphatic rings. The Labute approximate surface area is 218 Å². The molecule has 4 aromatic rings. The number of fused-ring (bicyclic) bond motifs is 4. The zero-order chi connectivity index (χ0) is 26.8. The van der Waals surface area contributed by atoms with Crippen LogP contribution in [0.25, 0.3) is 10.9 Å². The van der Waals surface area contributed by atoms with E-state index < -0.39 is 33.2 Å². The van der Waals surface area contributed by atoms with Gasteiger partial charge in [0.15, 0.2) is 9.84 Å². The number of hydrogen-bond acceptors (Lipinski definition) is 6. The van der Waals surface area contributed by atoms with Crippen LogP contribution in [0.15, 0.2) is 71.6 Å². The van der Waals surface area contributed by atoms with Gasteiger partial charge in [0.1, 0.15) is 17.7 Å². The first-order valence-electron chi connectivity index (χ1n) is 12.0. The number of H-pyrrole nitrogens is 1. The summed E-state index contributed by atoms with van der Waals surface area (Å²) < 4.78 is 43.4. The molecule has 194 valence electrons. The summed E-state index contributed by atoms with van der Waals surface area (Å²) in [6.07, 6.45) is 0.983. The highest BCUT2D eigenvalue weighted by Gasteiger charge is 2.58. The Morgan fingerprint density at radius 3 is 2.53 bits per heavy atom. The van der Waals surface area contributed by atoms with Gasteiger partial charge in [-0.3, -0.25) is 4.79 Å². The smallest absolute Gasteiger partial charge is 0.354 e. The lowest BCUT2D eigenvalue weighted by atomic mass is 9.72. The summed E-state index contributed by atoms with van der Waals surface area (Å²) in [5, 5.41) is 4.02. The summed E-state index contributed by atoms with van der Waals surface area (Å²) in [5.74, 6) is -1.32. The predicted molar refractivity (Wildman–Crippen MR) is 139 cm³/mol. The van der Waals surface area contributed by atoms with Gasteiger partial charge in [0.05, 0.1) is 17.4 Å². The lowest BCUT2D eigenvalue weighted by Gasteiger charge is -2.33. The summed E-state index contributed by atoms with van der Waals surface area (Å²) in [7, 11) is -2.12. The van der Waals surface area contributed by atoms with Crippen LogP contribution in [0.3, 0.4) is 0 Å². The first-order chi connectivity index (χ1) is 18.1. The molecule has 0 spiro atoms. The highest BCUT2D eigenvalue weighted by Crippen LogP contribution is 2.55.